The Morgan fingerprint density at radius 2 is 0.758 bits per heavy atom. The topological polar surface area (TPSA) is 25.8 Å². The highest BCUT2D eigenvalue weighted by Crippen LogP contribution is 2.64. The van der Waals surface area contributed by atoms with Crippen molar-refractivity contribution in [2.75, 3.05) is 0 Å². The molecule has 0 radical (unpaired) electrons. The van der Waals surface area contributed by atoms with Crippen molar-refractivity contribution in [1.82, 2.24) is 9.97 Å². The SMILES string of the molecule is c1ccc(-c2ccc(Cc3cc(-c4cccc5c4-c4cc(-c6ccc(-c7ccccc7)cc6)ccc4C54c5ccccc5-c5ccccc54)nc(-c4ccccc4)n3)cc2)cc1. The maximum Gasteiger partial charge on any atom is 0.160 e. The van der Waals surface area contributed by atoms with E-state index >= 15 is 0 Å². The van der Waals surface area contributed by atoms with Gasteiger partial charge >= 0.3 is 0 Å². The largest absolute Gasteiger partial charge is 0.233 e. The Labute approximate surface area is 362 Å². The number of rotatable bonds is 7. The standard InChI is InChI=1S/C60H40N2/c1-4-15-41(16-5-1)43-29-27-40(28-30-43)37-48-39-57(62-59(61-48)46-19-8-3-9-20-46)51-23-14-26-56-58(51)52-38-47(45-33-31-44(32-34-45)42-17-6-2-7-18-42)35-36-55(52)60(56)53-24-12-10-21-49(53)50-22-11-13-25-54(50)60/h1-36,38-39H,37H2. The van der Waals surface area contributed by atoms with Gasteiger partial charge in [0.05, 0.1) is 11.1 Å². The summed E-state index contributed by atoms with van der Waals surface area (Å²) in [6.45, 7) is 0. The molecule has 0 N–H and O–H groups in total. The van der Waals surface area contributed by atoms with Gasteiger partial charge in [-0.15, -0.1) is 0 Å². The second-order valence-corrected chi connectivity index (χ2v) is 16.4. The van der Waals surface area contributed by atoms with Gasteiger partial charge in [-0.05, 0) is 95.6 Å². The summed E-state index contributed by atoms with van der Waals surface area (Å²) < 4.78 is 0. The number of nitrogens with zero attached hydrogens (tertiary/aromatic N) is 2. The van der Waals surface area contributed by atoms with Crippen LogP contribution in [0.1, 0.15) is 33.5 Å². The molecule has 0 saturated carbocycles. The van der Waals surface area contributed by atoms with Gasteiger partial charge in [0.15, 0.2) is 5.82 Å². The summed E-state index contributed by atoms with van der Waals surface area (Å²) in [5.41, 5.74) is 22.3. The fourth-order valence-corrected chi connectivity index (χ4v) is 10.2. The number of fused-ring (bicyclic) bond motifs is 10. The van der Waals surface area contributed by atoms with Crippen molar-refractivity contribution in [2.45, 2.75) is 11.8 Å². The molecule has 2 aliphatic rings. The molecule has 0 amide bonds. The predicted molar refractivity (Wildman–Crippen MR) is 255 cm³/mol. The average molecular weight is 789 g/mol. The van der Waals surface area contributed by atoms with Gasteiger partial charge in [0.25, 0.3) is 0 Å². The molecule has 1 aromatic heterocycles. The number of benzene rings is 9. The van der Waals surface area contributed by atoms with Gasteiger partial charge in [-0.1, -0.05) is 218 Å². The third-order valence-electron chi connectivity index (χ3n) is 13.0. The second-order valence-electron chi connectivity index (χ2n) is 16.4. The maximum atomic E-state index is 5.43. The summed E-state index contributed by atoms with van der Waals surface area (Å²) >= 11 is 0. The molecule has 0 bridgehead atoms. The second kappa shape index (κ2) is 14.7. The lowest BCUT2D eigenvalue weighted by Crippen LogP contribution is -2.25. The summed E-state index contributed by atoms with van der Waals surface area (Å²) in [5, 5.41) is 0. The Morgan fingerprint density at radius 3 is 1.37 bits per heavy atom. The van der Waals surface area contributed by atoms with Crippen molar-refractivity contribution in [2.24, 2.45) is 0 Å². The molecular weight excluding hydrogens is 749 g/mol. The van der Waals surface area contributed by atoms with Crippen molar-refractivity contribution in [3.05, 3.63) is 264 Å². The Bertz CT molecular complexity index is 3230. The Balaban J connectivity index is 1.06. The lowest BCUT2D eigenvalue weighted by molar-refractivity contribution is 0.794. The molecule has 0 atom stereocenters. The van der Waals surface area contributed by atoms with Crippen molar-refractivity contribution in [3.63, 3.8) is 0 Å². The number of hydrogen-bond donors (Lipinski definition) is 0. The summed E-state index contributed by atoms with van der Waals surface area (Å²) in [4.78, 5) is 10.7. The third-order valence-corrected chi connectivity index (χ3v) is 13.0. The van der Waals surface area contributed by atoms with E-state index in [0.29, 0.717) is 6.42 Å². The first kappa shape index (κ1) is 36.0. The molecule has 0 fully saturated rings. The molecule has 10 aromatic rings. The van der Waals surface area contributed by atoms with Crippen LogP contribution in [0.2, 0.25) is 0 Å². The molecule has 1 heterocycles. The van der Waals surface area contributed by atoms with Crippen molar-refractivity contribution in [1.29, 1.82) is 0 Å². The number of aromatic nitrogens is 2. The zero-order valence-corrected chi connectivity index (χ0v) is 34.0. The van der Waals surface area contributed by atoms with Crippen LogP contribution in [0.3, 0.4) is 0 Å². The monoisotopic (exact) mass is 788 g/mol. The molecular formula is C60H40N2. The average Bonchev–Trinajstić information content (AvgIpc) is 3.82. The maximum absolute atomic E-state index is 5.43. The van der Waals surface area contributed by atoms with Gasteiger partial charge in [0, 0.05) is 23.2 Å². The van der Waals surface area contributed by atoms with Gasteiger partial charge in [-0.25, -0.2) is 9.97 Å². The quantitative estimate of drug-likeness (QED) is 0.161. The third kappa shape index (κ3) is 5.79. The molecule has 0 aliphatic heterocycles. The molecule has 290 valence electrons. The molecule has 2 heteroatoms. The van der Waals surface area contributed by atoms with E-state index in [4.69, 9.17) is 9.97 Å². The highest BCUT2D eigenvalue weighted by atomic mass is 14.9. The van der Waals surface area contributed by atoms with Crippen molar-refractivity contribution in [3.8, 4) is 78.3 Å². The van der Waals surface area contributed by atoms with E-state index in [2.05, 4.69) is 224 Å². The highest BCUT2D eigenvalue weighted by Gasteiger charge is 2.52. The van der Waals surface area contributed by atoms with Crippen LogP contribution in [0.5, 0.6) is 0 Å². The molecule has 1 spiro atoms. The first-order valence-electron chi connectivity index (χ1n) is 21.4. The van der Waals surface area contributed by atoms with Crippen LogP contribution >= 0.6 is 0 Å². The molecule has 9 aromatic carbocycles. The molecule has 2 aliphatic carbocycles. The normalized spacial score (nSPS) is 12.7. The lowest BCUT2D eigenvalue weighted by atomic mass is 9.70. The number of hydrogen-bond acceptors (Lipinski definition) is 2. The van der Waals surface area contributed by atoms with Gasteiger partial charge in [0.1, 0.15) is 0 Å². The minimum absolute atomic E-state index is 0.484. The Hall–Kier alpha value is -7.94. The molecule has 12 rings (SSSR count). The van der Waals surface area contributed by atoms with Crippen molar-refractivity contribution >= 4 is 0 Å². The summed E-state index contributed by atoms with van der Waals surface area (Å²) in [7, 11) is 0. The molecule has 62 heavy (non-hydrogen) atoms. The fraction of sp³-hybridized carbons (Fsp3) is 0.0333. The van der Waals surface area contributed by atoms with Crippen LogP contribution in [-0.4, -0.2) is 9.97 Å². The van der Waals surface area contributed by atoms with E-state index in [0.717, 1.165) is 28.3 Å². The summed E-state index contributed by atoms with van der Waals surface area (Å²) in [6.07, 6.45) is 0.684. The highest BCUT2D eigenvalue weighted by molar-refractivity contribution is 6.00. The van der Waals surface area contributed by atoms with Crippen LogP contribution in [-0.2, 0) is 11.8 Å². The van der Waals surface area contributed by atoms with E-state index in [-0.39, 0.29) is 0 Å². The Morgan fingerprint density at radius 1 is 0.306 bits per heavy atom. The van der Waals surface area contributed by atoms with Crippen molar-refractivity contribution < 1.29 is 0 Å². The van der Waals surface area contributed by atoms with Crippen LogP contribution in [0.15, 0.2) is 231 Å². The molecule has 0 unspecified atom stereocenters. The van der Waals surface area contributed by atoms with Gasteiger partial charge in [-0.3, -0.25) is 0 Å². The molecule has 2 nitrogen and oxygen atoms in total. The Kier molecular flexibility index (Phi) is 8.50. The summed E-state index contributed by atoms with van der Waals surface area (Å²) in [5.74, 6) is 0.730. The van der Waals surface area contributed by atoms with E-state index in [9.17, 15) is 0 Å². The smallest absolute Gasteiger partial charge is 0.160 e. The van der Waals surface area contributed by atoms with E-state index in [1.54, 1.807) is 0 Å². The van der Waals surface area contributed by atoms with E-state index in [1.807, 2.05) is 6.07 Å². The first-order chi connectivity index (χ1) is 30.7. The van der Waals surface area contributed by atoms with Crippen LogP contribution in [0.4, 0.5) is 0 Å². The lowest BCUT2D eigenvalue weighted by Gasteiger charge is -2.30. The van der Waals surface area contributed by atoms with Gasteiger partial charge in [-0.2, -0.15) is 0 Å². The fourth-order valence-electron chi connectivity index (χ4n) is 10.2. The summed E-state index contributed by atoms with van der Waals surface area (Å²) in [6, 6.07) is 83.7. The van der Waals surface area contributed by atoms with Crippen LogP contribution < -0.4 is 0 Å². The zero-order valence-electron chi connectivity index (χ0n) is 34.0. The molecule has 0 saturated heterocycles. The van der Waals surface area contributed by atoms with Crippen LogP contribution in [0.25, 0.3) is 78.3 Å². The van der Waals surface area contributed by atoms with Crippen LogP contribution in [0, 0.1) is 0 Å². The minimum Gasteiger partial charge on any atom is -0.233 e. The zero-order chi connectivity index (χ0) is 41.0. The van der Waals surface area contributed by atoms with E-state index < -0.39 is 5.41 Å². The minimum atomic E-state index is -0.484. The first-order valence-corrected chi connectivity index (χ1v) is 21.4. The van der Waals surface area contributed by atoms with Gasteiger partial charge in [0.2, 0.25) is 0 Å². The van der Waals surface area contributed by atoms with Gasteiger partial charge < -0.3 is 0 Å². The predicted octanol–water partition coefficient (Wildman–Crippen LogP) is 14.7. The van der Waals surface area contributed by atoms with E-state index in [1.165, 1.54) is 83.5 Å².